The minimum absolute atomic E-state index is 0.165. The van der Waals surface area contributed by atoms with Crippen LogP contribution in [0.25, 0.3) is 0 Å². The minimum Gasteiger partial charge on any atom is -0.393 e. The van der Waals surface area contributed by atoms with Crippen molar-refractivity contribution in [2.75, 3.05) is 25.0 Å². The maximum Gasteiger partial charge on any atom is 0.323 e. The number of likely N-dealkylation sites (tertiary alicyclic amines) is 1. The summed E-state index contributed by atoms with van der Waals surface area (Å²) in [6.45, 7) is 3.81. The van der Waals surface area contributed by atoms with Crippen molar-refractivity contribution in [3.8, 4) is 0 Å². The average Bonchev–Trinajstić information content (AvgIpc) is 2.95. The molecule has 22 heavy (non-hydrogen) atoms. The number of carbonyl (C=O) groups is 1. The Kier molecular flexibility index (Phi) is 4.35. The highest BCUT2D eigenvalue weighted by Crippen LogP contribution is 2.35. The van der Waals surface area contributed by atoms with Crippen LogP contribution in [0, 0.1) is 0 Å². The van der Waals surface area contributed by atoms with Crippen LogP contribution < -0.4 is 5.32 Å². The molecule has 2 aliphatic rings. The van der Waals surface area contributed by atoms with Crippen LogP contribution in [-0.2, 0) is 11.2 Å². The lowest BCUT2D eigenvalue weighted by Gasteiger charge is -2.45. The van der Waals surface area contributed by atoms with Gasteiger partial charge in [0.1, 0.15) is 5.76 Å². The largest absolute Gasteiger partial charge is 0.393 e. The van der Waals surface area contributed by atoms with Gasteiger partial charge in [-0.3, -0.25) is 5.32 Å². The molecule has 2 N–H and O–H groups in total. The second-order valence-corrected chi connectivity index (χ2v) is 6.13. The molecular formula is C15H23N3O4. The first-order chi connectivity index (χ1) is 10.6. The Morgan fingerprint density at radius 3 is 2.95 bits per heavy atom. The van der Waals surface area contributed by atoms with Crippen LogP contribution in [0.1, 0.15) is 38.4 Å². The van der Waals surface area contributed by atoms with Gasteiger partial charge in [0.2, 0.25) is 0 Å². The molecule has 1 spiro atoms. The predicted molar refractivity (Wildman–Crippen MR) is 79.6 cm³/mol. The second-order valence-electron chi connectivity index (χ2n) is 6.13. The topological polar surface area (TPSA) is 87.8 Å². The molecule has 0 aromatic carbocycles. The highest BCUT2D eigenvalue weighted by molar-refractivity contribution is 5.88. The zero-order chi connectivity index (χ0) is 15.6. The van der Waals surface area contributed by atoms with Gasteiger partial charge in [-0.1, -0.05) is 12.1 Å². The molecule has 1 unspecified atom stereocenters. The Labute approximate surface area is 129 Å². The molecule has 7 nitrogen and oxygen atoms in total. The van der Waals surface area contributed by atoms with Gasteiger partial charge >= 0.3 is 6.03 Å². The summed E-state index contributed by atoms with van der Waals surface area (Å²) in [5.41, 5.74) is -0.252. The number of anilines is 1. The Bertz CT molecular complexity index is 523. The molecule has 2 amide bonds. The summed E-state index contributed by atoms with van der Waals surface area (Å²) < 4.78 is 11.0. The van der Waals surface area contributed by atoms with E-state index >= 15 is 0 Å². The Morgan fingerprint density at radius 1 is 1.55 bits per heavy atom. The van der Waals surface area contributed by atoms with Crippen molar-refractivity contribution in [2.24, 2.45) is 0 Å². The van der Waals surface area contributed by atoms with E-state index in [0.717, 1.165) is 25.0 Å². The summed E-state index contributed by atoms with van der Waals surface area (Å²) in [5.74, 6) is 1.20. The van der Waals surface area contributed by atoms with Gasteiger partial charge in [-0.15, -0.1) is 0 Å². The fourth-order valence-corrected chi connectivity index (χ4v) is 3.19. The highest BCUT2D eigenvalue weighted by Gasteiger charge is 2.40. The first-order valence-corrected chi connectivity index (χ1v) is 7.94. The number of aryl methyl sites for hydroxylation is 1. The zero-order valence-corrected chi connectivity index (χ0v) is 12.9. The van der Waals surface area contributed by atoms with Crippen LogP contribution in [0.3, 0.4) is 0 Å². The lowest BCUT2D eigenvalue weighted by molar-refractivity contribution is -0.139. The van der Waals surface area contributed by atoms with Crippen molar-refractivity contribution in [3.05, 3.63) is 11.8 Å². The molecule has 1 aromatic rings. The van der Waals surface area contributed by atoms with Gasteiger partial charge in [-0.25, -0.2) is 4.79 Å². The number of hydrogen-bond donors (Lipinski definition) is 2. The molecule has 7 heteroatoms. The minimum atomic E-state index is -0.281. The summed E-state index contributed by atoms with van der Waals surface area (Å²) in [5, 5.41) is 16.4. The van der Waals surface area contributed by atoms with Crippen LogP contribution in [0.15, 0.2) is 10.6 Å². The molecule has 3 heterocycles. The van der Waals surface area contributed by atoms with Crippen LogP contribution >= 0.6 is 0 Å². The second kappa shape index (κ2) is 6.26. The van der Waals surface area contributed by atoms with Gasteiger partial charge in [-0.05, 0) is 19.3 Å². The van der Waals surface area contributed by atoms with E-state index < -0.39 is 0 Å². The molecule has 1 atom stereocenters. The van der Waals surface area contributed by atoms with Crippen molar-refractivity contribution in [1.29, 1.82) is 0 Å². The first-order valence-electron chi connectivity index (χ1n) is 7.94. The number of hydrogen-bond acceptors (Lipinski definition) is 5. The van der Waals surface area contributed by atoms with Crippen molar-refractivity contribution >= 4 is 11.8 Å². The summed E-state index contributed by atoms with van der Waals surface area (Å²) >= 11 is 0. The van der Waals surface area contributed by atoms with Crippen LogP contribution in [0.4, 0.5) is 10.6 Å². The Hall–Kier alpha value is -1.60. The van der Waals surface area contributed by atoms with E-state index in [1.807, 2.05) is 6.92 Å². The molecule has 0 bridgehead atoms. The van der Waals surface area contributed by atoms with Gasteiger partial charge < -0.3 is 19.3 Å². The zero-order valence-electron chi connectivity index (χ0n) is 12.9. The van der Waals surface area contributed by atoms with E-state index in [1.165, 1.54) is 0 Å². The SMILES string of the molecule is CCc1cc(NC(=O)N2CCC3(CC2)CC(O)CCO3)no1. The third-order valence-electron chi connectivity index (χ3n) is 4.57. The number of amides is 2. The molecule has 0 saturated carbocycles. The molecule has 1 aromatic heterocycles. The molecule has 2 saturated heterocycles. The van der Waals surface area contributed by atoms with E-state index in [1.54, 1.807) is 11.0 Å². The number of aliphatic hydroxyl groups is 1. The number of ether oxygens (including phenoxy) is 1. The molecule has 122 valence electrons. The van der Waals surface area contributed by atoms with E-state index in [0.29, 0.717) is 38.4 Å². The fourth-order valence-electron chi connectivity index (χ4n) is 3.19. The first kappa shape index (κ1) is 15.3. The summed E-state index contributed by atoms with van der Waals surface area (Å²) in [6, 6.07) is 1.58. The van der Waals surface area contributed by atoms with Crippen molar-refractivity contribution in [2.45, 2.75) is 50.7 Å². The summed E-state index contributed by atoms with van der Waals surface area (Å²) in [7, 11) is 0. The molecule has 0 radical (unpaired) electrons. The predicted octanol–water partition coefficient (Wildman–Crippen LogP) is 1.77. The van der Waals surface area contributed by atoms with E-state index in [4.69, 9.17) is 9.26 Å². The van der Waals surface area contributed by atoms with Crippen molar-refractivity contribution < 1.29 is 19.2 Å². The Balaban J connectivity index is 1.53. The fraction of sp³-hybridized carbons (Fsp3) is 0.733. The van der Waals surface area contributed by atoms with E-state index in [-0.39, 0.29) is 17.7 Å². The number of aliphatic hydroxyl groups excluding tert-OH is 1. The number of piperidine rings is 1. The number of rotatable bonds is 2. The van der Waals surface area contributed by atoms with Crippen LogP contribution in [0.2, 0.25) is 0 Å². The molecule has 2 aliphatic heterocycles. The third kappa shape index (κ3) is 3.25. The van der Waals surface area contributed by atoms with Crippen molar-refractivity contribution in [1.82, 2.24) is 10.1 Å². The number of nitrogens with zero attached hydrogens (tertiary/aromatic N) is 2. The van der Waals surface area contributed by atoms with Crippen LogP contribution in [-0.4, -0.2) is 52.6 Å². The molecule has 0 aliphatic carbocycles. The standard InChI is InChI=1S/C15H23N3O4/c1-2-12-9-13(17-22-12)16-14(20)18-6-4-15(5-7-18)10-11(19)3-8-21-15/h9,11,19H,2-8,10H2,1H3,(H,16,17,20). The van der Waals surface area contributed by atoms with Gasteiger partial charge in [0.15, 0.2) is 5.82 Å². The maximum atomic E-state index is 12.2. The lowest BCUT2D eigenvalue weighted by atomic mass is 9.83. The van der Waals surface area contributed by atoms with Gasteiger partial charge in [0, 0.05) is 38.6 Å². The van der Waals surface area contributed by atoms with Crippen LogP contribution in [0.5, 0.6) is 0 Å². The number of urea groups is 1. The molecule has 2 fully saturated rings. The van der Waals surface area contributed by atoms with Crippen molar-refractivity contribution in [3.63, 3.8) is 0 Å². The van der Waals surface area contributed by atoms with Gasteiger partial charge in [0.05, 0.1) is 11.7 Å². The normalized spacial score (nSPS) is 24.5. The van der Waals surface area contributed by atoms with E-state index in [2.05, 4.69) is 10.5 Å². The monoisotopic (exact) mass is 309 g/mol. The summed E-state index contributed by atoms with van der Waals surface area (Å²) in [6.07, 6.45) is 3.36. The number of nitrogens with one attached hydrogen (secondary N) is 1. The number of aromatic nitrogens is 1. The summed E-state index contributed by atoms with van der Waals surface area (Å²) in [4.78, 5) is 14.0. The quantitative estimate of drug-likeness (QED) is 0.869. The smallest absolute Gasteiger partial charge is 0.323 e. The third-order valence-corrected chi connectivity index (χ3v) is 4.57. The average molecular weight is 309 g/mol. The molecule has 3 rings (SSSR count). The van der Waals surface area contributed by atoms with Gasteiger partial charge in [0.25, 0.3) is 0 Å². The maximum absolute atomic E-state index is 12.2. The van der Waals surface area contributed by atoms with E-state index in [9.17, 15) is 9.90 Å². The lowest BCUT2D eigenvalue weighted by Crippen LogP contribution is -2.52. The molecular weight excluding hydrogens is 286 g/mol. The number of carbonyl (C=O) groups excluding carboxylic acids is 1. The Morgan fingerprint density at radius 2 is 2.32 bits per heavy atom. The van der Waals surface area contributed by atoms with Gasteiger partial charge in [-0.2, -0.15) is 0 Å². The highest BCUT2D eigenvalue weighted by atomic mass is 16.5.